The van der Waals surface area contributed by atoms with Crippen LogP contribution in [0.1, 0.15) is 33.3 Å². The maximum Gasteiger partial charge on any atom is 0.256 e. The fourth-order valence-electron chi connectivity index (χ4n) is 2.24. The van der Waals surface area contributed by atoms with Crippen molar-refractivity contribution in [2.45, 2.75) is 39.2 Å². The van der Waals surface area contributed by atoms with Crippen molar-refractivity contribution in [1.29, 1.82) is 0 Å². The van der Waals surface area contributed by atoms with Gasteiger partial charge in [-0.2, -0.15) is 0 Å². The van der Waals surface area contributed by atoms with Gasteiger partial charge in [0.05, 0.1) is 0 Å². The van der Waals surface area contributed by atoms with Crippen LogP contribution in [0.3, 0.4) is 0 Å². The second kappa shape index (κ2) is 8.11. The standard InChI is InChI=1S/C18H27NO3/c1-7-12-19(17(20)14(2)22-13-21-6)16-11-9-8-10-15(16)18(3,4)5/h7-11,14H,1,12-13H2,2-6H3/t14-/m0/s1. The van der Waals surface area contributed by atoms with Gasteiger partial charge in [-0.1, -0.05) is 45.0 Å². The number of carbonyl (C=O) groups is 1. The molecule has 1 rings (SSSR count). The number of amides is 1. The molecule has 22 heavy (non-hydrogen) atoms. The Morgan fingerprint density at radius 2 is 2.00 bits per heavy atom. The van der Waals surface area contributed by atoms with Crippen molar-refractivity contribution < 1.29 is 14.3 Å². The van der Waals surface area contributed by atoms with Crippen molar-refractivity contribution in [3.8, 4) is 0 Å². The molecule has 0 fully saturated rings. The van der Waals surface area contributed by atoms with Crippen molar-refractivity contribution in [2.24, 2.45) is 0 Å². The molecule has 4 nitrogen and oxygen atoms in total. The van der Waals surface area contributed by atoms with Crippen LogP contribution in [-0.4, -0.2) is 32.5 Å². The molecular weight excluding hydrogens is 278 g/mol. The summed E-state index contributed by atoms with van der Waals surface area (Å²) in [6.45, 7) is 12.4. The zero-order valence-electron chi connectivity index (χ0n) is 14.3. The molecule has 0 saturated carbocycles. The Hall–Kier alpha value is -1.65. The first-order valence-corrected chi connectivity index (χ1v) is 7.45. The molecule has 1 aromatic rings. The molecule has 0 aromatic heterocycles. The van der Waals surface area contributed by atoms with Gasteiger partial charge in [0.15, 0.2) is 0 Å². The first-order valence-electron chi connectivity index (χ1n) is 7.45. The van der Waals surface area contributed by atoms with E-state index in [-0.39, 0.29) is 18.1 Å². The summed E-state index contributed by atoms with van der Waals surface area (Å²) in [5.74, 6) is -0.103. The molecule has 122 valence electrons. The van der Waals surface area contributed by atoms with E-state index in [2.05, 4.69) is 33.4 Å². The van der Waals surface area contributed by atoms with Gasteiger partial charge in [0.1, 0.15) is 12.9 Å². The Morgan fingerprint density at radius 3 is 2.55 bits per heavy atom. The van der Waals surface area contributed by atoms with E-state index in [9.17, 15) is 4.79 Å². The molecular formula is C18H27NO3. The van der Waals surface area contributed by atoms with Crippen LogP contribution in [0.2, 0.25) is 0 Å². The quantitative estimate of drug-likeness (QED) is 0.571. The van der Waals surface area contributed by atoms with Crippen LogP contribution >= 0.6 is 0 Å². The highest BCUT2D eigenvalue weighted by Gasteiger charge is 2.26. The van der Waals surface area contributed by atoms with E-state index in [1.165, 1.54) is 7.11 Å². The molecule has 0 aliphatic rings. The Bertz CT molecular complexity index is 505. The zero-order chi connectivity index (χ0) is 16.8. The number of ether oxygens (including phenoxy) is 2. The normalized spacial score (nSPS) is 12.8. The fraction of sp³-hybridized carbons (Fsp3) is 0.500. The maximum absolute atomic E-state index is 12.7. The number of rotatable bonds is 7. The third-order valence-electron chi connectivity index (χ3n) is 3.36. The number of benzene rings is 1. The number of para-hydroxylation sites is 1. The summed E-state index contributed by atoms with van der Waals surface area (Å²) in [7, 11) is 1.54. The minimum absolute atomic E-state index is 0.0626. The monoisotopic (exact) mass is 305 g/mol. The van der Waals surface area contributed by atoms with E-state index in [0.29, 0.717) is 6.54 Å². The highest BCUT2D eigenvalue weighted by atomic mass is 16.7. The minimum atomic E-state index is -0.576. The summed E-state index contributed by atoms with van der Waals surface area (Å²) < 4.78 is 10.3. The predicted molar refractivity (Wildman–Crippen MR) is 90.1 cm³/mol. The van der Waals surface area contributed by atoms with Crippen LogP contribution in [0.25, 0.3) is 0 Å². The number of hydrogen-bond donors (Lipinski definition) is 0. The van der Waals surface area contributed by atoms with Crippen LogP contribution in [0.4, 0.5) is 5.69 Å². The van der Waals surface area contributed by atoms with Crippen molar-refractivity contribution in [1.82, 2.24) is 0 Å². The molecule has 0 aliphatic heterocycles. The van der Waals surface area contributed by atoms with E-state index in [4.69, 9.17) is 9.47 Å². The molecule has 1 aromatic carbocycles. The Labute approximate surface area is 133 Å². The minimum Gasteiger partial charge on any atom is -0.359 e. The van der Waals surface area contributed by atoms with Crippen LogP contribution in [0, 0.1) is 0 Å². The van der Waals surface area contributed by atoms with Gasteiger partial charge in [-0.15, -0.1) is 6.58 Å². The lowest BCUT2D eigenvalue weighted by atomic mass is 9.85. The number of carbonyl (C=O) groups excluding carboxylic acids is 1. The summed E-state index contributed by atoms with van der Waals surface area (Å²) >= 11 is 0. The molecule has 1 atom stereocenters. The Morgan fingerprint density at radius 1 is 1.36 bits per heavy atom. The number of anilines is 1. The van der Waals surface area contributed by atoms with Crippen LogP contribution in [0.5, 0.6) is 0 Å². The van der Waals surface area contributed by atoms with Crippen molar-refractivity contribution in [3.05, 3.63) is 42.5 Å². The summed E-state index contributed by atoms with van der Waals surface area (Å²) in [4.78, 5) is 14.4. The number of nitrogens with zero attached hydrogens (tertiary/aromatic N) is 1. The second-order valence-electron chi connectivity index (χ2n) is 6.22. The van der Waals surface area contributed by atoms with Gasteiger partial charge in [-0.3, -0.25) is 4.79 Å². The van der Waals surface area contributed by atoms with E-state index in [1.807, 2.05) is 18.2 Å². The largest absolute Gasteiger partial charge is 0.359 e. The van der Waals surface area contributed by atoms with E-state index < -0.39 is 6.10 Å². The molecule has 0 radical (unpaired) electrons. The average Bonchev–Trinajstić information content (AvgIpc) is 2.48. The average molecular weight is 305 g/mol. The van der Waals surface area contributed by atoms with Crippen molar-refractivity contribution in [3.63, 3.8) is 0 Å². The molecule has 4 heteroatoms. The Balaban J connectivity index is 3.16. The molecule has 1 amide bonds. The molecule has 0 bridgehead atoms. The molecule has 0 N–H and O–H groups in total. The van der Waals surface area contributed by atoms with Crippen LogP contribution in [0.15, 0.2) is 36.9 Å². The smallest absolute Gasteiger partial charge is 0.256 e. The first kappa shape index (κ1) is 18.4. The third-order valence-corrected chi connectivity index (χ3v) is 3.36. The maximum atomic E-state index is 12.7. The van der Waals surface area contributed by atoms with Gasteiger partial charge < -0.3 is 14.4 Å². The van der Waals surface area contributed by atoms with Gasteiger partial charge in [-0.25, -0.2) is 0 Å². The highest BCUT2D eigenvalue weighted by molar-refractivity contribution is 5.97. The van der Waals surface area contributed by atoms with Crippen molar-refractivity contribution in [2.75, 3.05) is 25.3 Å². The lowest BCUT2D eigenvalue weighted by Gasteiger charge is -2.31. The van der Waals surface area contributed by atoms with Gasteiger partial charge in [0, 0.05) is 19.3 Å². The summed E-state index contributed by atoms with van der Waals surface area (Å²) in [5.41, 5.74) is 1.95. The summed E-state index contributed by atoms with van der Waals surface area (Å²) in [5, 5.41) is 0. The lowest BCUT2D eigenvalue weighted by molar-refractivity contribution is -0.137. The first-order chi connectivity index (χ1) is 10.3. The molecule has 0 saturated heterocycles. The van der Waals surface area contributed by atoms with Gasteiger partial charge in [0.25, 0.3) is 5.91 Å². The molecule has 0 unspecified atom stereocenters. The highest BCUT2D eigenvalue weighted by Crippen LogP contribution is 2.32. The van der Waals surface area contributed by atoms with Gasteiger partial charge in [-0.05, 0) is 24.0 Å². The topological polar surface area (TPSA) is 38.8 Å². The van der Waals surface area contributed by atoms with Crippen LogP contribution < -0.4 is 4.90 Å². The summed E-state index contributed by atoms with van der Waals surface area (Å²) in [6, 6.07) is 7.95. The SMILES string of the molecule is C=CCN(C(=O)[C@H](C)OCOC)c1ccccc1C(C)(C)C. The third kappa shape index (κ3) is 4.68. The summed E-state index contributed by atoms with van der Waals surface area (Å²) in [6.07, 6.45) is 1.15. The predicted octanol–water partition coefficient (Wildman–Crippen LogP) is 3.51. The molecule has 0 heterocycles. The second-order valence-corrected chi connectivity index (χ2v) is 6.22. The lowest BCUT2D eigenvalue weighted by Crippen LogP contribution is -2.40. The van der Waals surface area contributed by atoms with E-state index in [1.54, 1.807) is 17.9 Å². The van der Waals surface area contributed by atoms with E-state index >= 15 is 0 Å². The van der Waals surface area contributed by atoms with Crippen LogP contribution in [-0.2, 0) is 19.7 Å². The number of hydrogen-bond acceptors (Lipinski definition) is 3. The zero-order valence-corrected chi connectivity index (χ0v) is 14.3. The molecule has 0 aliphatic carbocycles. The molecule has 0 spiro atoms. The Kier molecular flexibility index (Phi) is 6.78. The van der Waals surface area contributed by atoms with Crippen molar-refractivity contribution >= 4 is 11.6 Å². The number of methoxy groups -OCH3 is 1. The fourth-order valence-corrected chi connectivity index (χ4v) is 2.24. The van der Waals surface area contributed by atoms with Gasteiger partial charge in [0.2, 0.25) is 0 Å². The van der Waals surface area contributed by atoms with E-state index in [0.717, 1.165) is 11.3 Å². The van der Waals surface area contributed by atoms with Gasteiger partial charge >= 0.3 is 0 Å².